The summed E-state index contributed by atoms with van der Waals surface area (Å²) in [6, 6.07) is 11.9. The molecular formula is C22H28N4O2. The summed E-state index contributed by atoms with van der Waals surface area (Å²) in [5, 5.41) is 12.5. The standard InChI is InChI=1S/C22H28N4O2/c1-15-13-26(14-16(2)28-15)22(27)19-7-5-18(6-8-19)11-24-12-20-9-21(10-23)25(4)17(20)3/h5-9,15-16,24H,11-14H2,1-4H3. The van der Waals surface area contributed by atoms with E-state index in [2.05, 4.69) is 11.4 Å². The highest BCUT2D eigenvalue weighted by Gasteiger charge is 2.26. The molecule has 6 heteroatoms. The molecule has 0 spiro atoms. The van der Waals surface area contributed by atoms with E-state index >= 15 is 0 Å². The third-order valence-electron chi connectivity index (χ3n) is 5.31. The van der Waals surface area contributed by atoms with E-state index < -0.39 is 0 Å². The Kier molecular flexibility index (Phi) is 6.18. The zero-order valence-corrected chi connectivity index (χ0v) is 17.0. The van der Waals surface area contributed by atoms with Gasteiger partial charge in [0.15, 0.2) is 0 Å². The van der Waals surface area contributed by atoms with Gasteiger partial charge in [-0.3, -0.25) is 4.79 Å². The third-order valence-corrected chi connectivity index (χ3v) is 5.31. The second-order valence-corrected chi connectivity index (χ2v) is 7.58. The molecule has 6 nitrogen and oxygen atoms in total. The van der Waals surface area contributed by atoms with Gasteiger partial charge in [0.25, 0.3) is 5.91 Å². The molecular weight excluding hydrogens is 352 g/mol. The van der Waals surface area contributed by atoms with Crippen molar-refractivity contribution >= 4 is 5.91 Å². The van der Waals surface area contributed by atoms with Crippen LogP contribution in [-0.2, 0) is 24.9 Å². The number of morpholine rings is 1. The lowest BCUT2D eigenvalue weighted by Crippen LogP contribution is -2.48. The van der Waals surface area contributed by atoms with Gasteiger partial charge in [-0.2, -0.15) is 5.26 Å². The molecule has 1 saturated heterocycles. The number of amides is 1. The van der Waals surface area contributed by atoms with Crippen LogP contribution in [0.5, 0.6) is 0 Å². The van der Waals surface area contributed by atoms with E-state index in [0.29, 0.717) is 37.4 Å². The zero-order chi connectivity index (χ0) is 20.3. The minimum absolute atomic E-state index is 0.0606. The van der Waals surface area contributed by atoms with Crippen LogP contribution in [0.1, 0.15) is 46.7 Å². The van der Waals surface area contributed by atoms with Crippen LogP contribution in [0.15, 0.2) is 30.3 Å². The average Bonchev–Trinajstić information content (AvgIpc) is 2.95. The maximum Gasteiger partial charge on any atom is 0.254 e. The maximum absolute atomic E-state index is 12.7. The topological polar surface area (TPSA) is 70.3 Å². The number of nitrogens with one attached hydrogen (secondary N) is 1. The first-order chi connectivity index (χ1) is 13.4. The molecule has 2 atom stereocenters. The molecule has 1 aromatic heterocycles. The summed E-state index contributed by atoms with van der Waals surface area (Å²) < 4.78 is 7.61. The van der Waals surface area contributed by atoms with Gasteiger partial charge in [0.1, 0.15) is 11.8 Å². The van der Waals surface area contributed by atoms with Crippen LogP contribution in [-0.4, -0.2) is 40.7 Å². The lowest BCUT2D eigenvalue weighted by molar-refractivity contribution is -0.0586. The Morgan fingerprint density at radius 2 is 1.86 bits per heavy atom. The van der Waals surface area contributed by atoms with Gasteiger partial charge in [-0.15, -0.1) is 0 Å². The minimum Gasteiger partial charge on any atom is -0.372 e. The summed E-state index contributed by atoms with van der Waals surface area (Å²) in [7, 11) is 1.91. The Bertz CT molecular complexity index is 869. The van der Waals surface area contributed by atoms with E-state index in [4.69, 9.17) is 10.00 Å². The minimum atomic E-state index is 0.0606. The number of nitriles is 1. The summed E-state index contributed by atoms with van der Waals surface area (Å²) >= 11 is 0. The molecule has 2 heterocycles. The van der Waals surface area contributed by atoms with Gasteiger partial charge in [-0.25, -0.2) is 0 Å². The number of hydrogen-bond acceptors (Lipinski definition) is 4. The van der Waals surface area contributed by atoms with Crippen molar-refractivity contribution in [2.45, 2.75) is 46.1 Å². The van der Waals surface area contributed by atoms with Gasteiger partial charge >= 0.3 is 0 Å². The number of nitrogens with zero attached hydrogens (tertiary/aromatic N) is 3. The first-order valence-corrected chi connectivity index (χ1v) is 9.68. The molecule has 0 radical (unpaired) electrons. The molecule has 0 bridgehead atoms. The van der Waals surface area contributed by atoms with Crippen LogP contribution in [0.25, 0.3) is 0 Å². The quantitative estimate of drug-likeness (QED) is 0.866. The van der Waals surface area contributed by atoms with Gasteiger partial charge in [-0.1, -0.05) is 12.1 Å². The first kappa shape index (κ1) is 20.1. The summed E-state index contributed by atoms with van der Waals surface area (Å²) in [6.45, 7) is 8.69. The summed E-state index contributed by atoms with van der Waals surface area (Å²) in [5.74, 6) is 0.0606. The van der Waals surface area contributed by atoms with Gasteiger partial charge in [-0.05, 0) is 50.1 Å². The molecule has 3 rings (SSSR count). The molecule has 2 unspecified atom stereocenters. The van der Waals surface area contributed by atoms with Gasteiger partial charge < -0.3 is 19.5 Å². The van der Waals surface area contributed by atoms with Crippen LogP contribution in [0, 0.1) is 18.3 Å². The average molecular weight is 380 g/mol. The molecule has 1 amide bonds. The van der Waals surface area contributed by atoms with Gasteiger partial charge in [0, 0.05) is 44.5 Å². The molecule has 1 aliphatic heterocycles. The first-order valence-electron chi connectivity index (χ1n) is 9.68. The number of aromatic nitrogens is 1. The van der Waals surface area contributed by atoms with E-state index in [0.717, 1.165) is 16.8 Å². The number of ether oxygens (including phenoxy) is 1. The fourth-order valence-corrected chi connectivity index (χ4v) is 3.68. The van der Waals surface area contributed by atoms with E-state index in [1.807, 2.05) is 67.6 Å². The highest BCUT2D eigenvalue weighted by molar-refractivity contribution is 5.94. The van der Waals surface area contributed by atoms with E-state index in [9.17, 15) is 4.79 Å². The summed E-state index contributed by atoms with van der Waals surface area (Å²) in [4.78, 5) is 14.6. The van der Waals surface area contributed by atoms with Crippen LogP contribution >= 0.6 is 0 Å². The molecule has 148 valence electrons. The number of hydrogen-bond donors (Lipinski definition) is 1. The number of carbonyl (C=O) groups is 1. The van der Waals surface area contributed by atoms with E-state index in [1.165, 1.54) is 0 Å². The molecule has 2 aromatic rings. The van der Waals surface area contributed by atoms with Gasteiger partial charge in [0.05, 0.1) is 12.2 Å². The Balaban J connectivity index is 1.56. The molecule has 0 saturated carbocycles. The molecule has 1 fully saturated rings. The van der Waals surface area contributed by atoms with Crippen molar-refractivity contribution in [2.75, 3.05) is 13.1 Å². The fourth-order valence-electron chi connectivity index (χ4n) is 3.68. The Morgan fingerprint density at radius 3 is 2.43 bits per heavy atom. The van der Waals surface area contributed by atoms with Crippen molar-refractivity contribution < 1.29 is 9.53 Å². The molecule has 0 aliphatic carbocycles. The van der Waals surface area contributed by atoms with Crippen molar-refractivity contribution in [1.82, 2.24) is 14.8 Å². The molecule has 1 N–H and O–H groups in total. The highest BCUT2D eigenvalue weighted by Crippen LogP contribution is 2.16. The Hall–Kier alpha value is -2.62. The summed E-state index contributed by atoms with van der Waals surface area (Å²) in [6.07, 6.45) is 0.137. The van der Waals surface area contributed by atoms with E-state index in [1.54, 1.807) is 0 Å². The molecule has 1 aromatic carbocycles. The monoisotopic (exact) mass is 380 g/mol. The number of carbonyl (C=O) groups excluding carboxylic acids is 1. The second-order valence-electron chi connectivity index (χ2n) is 7.58. The van der Waals surface area contributed by atoms with Crippen LogP contribution in [0.4, 0.5) is 0 Å². The lowest BCUT2D eigenvalue weighted by Gasteiger charge is -2.35. The van der Waals surface area contributed by atoms with Crippen molar-refractivity contribution in [2.24, 2.45) is 7.05 Å². The third kappa shape index (κ3) is 4.44. The Morgan fingerprint density at radius 1 is 1.21 bits per heavy atom. The zero-order valence-electron chi connectivity index (χ0n) is 17.0. The van der Waals surface area contributed by atoms with Crippen LogP contribution < -0.4 is 5.32 Å². The van der Waals surface area contributed by atoms with Gasteiger partial charge in [0.2, 0.25) is 0 Å². The number of rotatable bonds is 5. The largest absolute Gasteiger partial charge is 0.372 e. The van der Waals surface area contributed by atoms with E-state index in [-0.39, 0.29) is 18.1 Å². The fraction of sp³-hybridized carbons (Fsp3) is 0.455. The van der Waals surface area contributed by atoms with Crippen LogP contribution in [0.3, 0.4) is 0 Å². The second kappa shape index (κ2) is 8.59. The molecule has 1 aliphatic rings. The Labute approximate surface area is 166 Å². The highest BCUT2D eigenvalue weighted by atomic mass is 16.5. The number of benzene rings is 1. The van der Waals surface area contributed by atoms with Crippen molar-refractivity contribution in [3.05, 3.63) is 58.4 Å². The van der Waals surface area contributed by atoms with Crippen LogP contribution in [0.2, 0.25) is 0 Å². The summed E-state index contributed by atoms with van der Waals surface area (Å²) in [5.41, 5.74) is 4.72. The predicted octanol–water partition coefficient (Wildman–Crippen LogP) is 2.74. The normalized spacial score (nSPS) is 19.5. The molecule has 28 heavy (non-hydrogen) atoms. The van der Waals surface area contributed by atoms with Crippen molar-refractivity contribution in [3.63, 3.8) is 0 Å². The predicted molar refractivity (Wildman–Crippen MR) is 108 cm³/mol. The van der Waals surface area contributed by atoms with Crippen molar-refractivity contribution in [1.29, 1.82) is 5.26 Å². The van der Waals surface area contributed by atoms with Crippen molar-refractivity contribution in [3.8, 4) is 6.07 Å². The SMILES string of the molecule is Cc1c(CNCc2ccc(C(=O)N3CC(C)OC(C)C3)cc2)cc(C#N)n1C. The smallest absolute Gasteiger partial charge is 0.254 e. The maximum atomic E-state index is 12.7. The lowest BCUT2D eigenvalue weighted by atomic mass is 10.1.